The Bertz CT molecular complexity index is 371. The molecule has 0 bridgehead atoms. The second-order valence-electron chi connectivity index (χ2n) is 4.88. The molecule has 18 heavy (non-hydrogen) atoms. The molecule has 0 aliphatic heterocycles. The molecule has 0 aliphatic carbocycles. The molecule has 0 heterocycles. The first kappa shape index (κ1) is 14.7. The predicted molar refractivity (Wildman–Crippen MR) is 74.8 cm³/mol. The number of unbranched alkanes of at least 4 members (excludes halogenated alkanes) is 3. The minimum atomic E-state index is -0.198. The van der Waals surface area contributed by atoms with Gasteiger partial charge in [-0.3, -0.25) is 0 Å². The number of carbonyl (C=O) groups is 1. The molecule has 1 aromatic rings. The van der Waals surface area contributed by atoms with Crippen LogP contribution in [0.15, 0.2) is 24.3 Å². The Kier molecular flexibility index (Phi) is 6.48. The van der Waals surface area contributed by atoms with Gasteiger partial charge in [-0.1, -0.05) is 44.4 Å². The van der Waals surface area contributed by atoms with Gasteiger partial charge in [0.15, 0.2) is 0 Å². The second kappa shape index (κ2) is 7.91. The molecule has 1 atom stereocenters. The zero-order valence-electron chi connectivity index (χ0n) is 11.7. The highest BCUT2D eigenvalue weighted by molar-refractivity contribution is 5.91. The van der Waals surface area contributed by atoms with Crippen LogP contribution in [0.2, 0.25) is 0 Å². The van der Waals surface area contributed by atoms with Gasteiger partial charge in [0.1, 0.15) is 0 Å². The number of rotatable bonds is 7. The summed E-state index contributed by atoms with van der Waals surface area (Å²) in [5.41, 5.74) is 1.65. The van der Waals surface area contributed by atoms with E-state index in [1.54, 1.807) is 0 Å². The SMILES string of the molecule is CCCCCC[C@H](C)OC(=O)c1ccccc1C. The van der Waals surface area contributed by atoms with Gasteiger partial charge in [-0.15, -0.1) is 0 Å². The molecule has 0 aromatic heterocycles. The van der Waals surface area contributed by atoms with Crippen molar-refractivity contribution in [1.82, 2.24) is 0 Å². The quantitative estimate of drug-likeness (QED) is 0.524. The lowest BCUT2D eigenvalue weighted by Crippen LogP contribution is -2.15. The van der Waals surface area contributed by atoms with Crippen LogP contribution in [0.1, 0.15) is 61.9 Å². The lowest BCUT2D eigenvalue weighted by molar-refractivity contribution is 0.0318. The second-order valence-corrected chi connectivity index (χ2v) is 4.88. The maximum Gasteiger partial charge on any atom is 0.338 e. The van der Waals surface area contributed by atoms with Gasteiger partial charge in [0.05, 0.1) is 11.7 Å². The van der Waals surface area contributed by atoms with Crippen LogP contribution in [0.5, 0.6) is 0 Å². The van der Waals surface area contributed by atoms with Crippen molar-refractivity contribution < 1.29 is 9.53 Å². The van der Waals surface area contributed by atoms with E-state index >= 15 is 0 Å². The van der Waals surface area contributed by atoms with Crippen LogP contribution >= 0.6 is 0 Å². The van der Waals surface area contributed by atoms with Gasteiger partial charge in [0, 0.05) is 0 Å². The summed E-state index contributed by atoms with van der Waals surface area (Å²) in [6, 6.07) is 7.56. The number of ether oxygens (including phenoxy) is 1. The first-order chi connectivity index (χ1) is 8.65. The van der Waals surface area contributed by atoms with Crippen molar-refractivity contribution in [2.75, 3.05) is 0 Å². The van der Waals surface area contributed by atoms with E-state index < -0.39 is 0 Å². The van der Waals surface area contributed by atoms with Crippen LogP contribution in [0.4, 0.5) is 0 Å². The summed E-state index contributed by atoms with van der Waals surface area (Å²) in [5.74, 6) is -0.198. The van der Waals surface area contributed by atoms with Gasteiger partial charge in [0.2, 0.25) is 0 Å². The topological polar surface area (TPSA) is 26.3 Å². The first-order valence-corrected chi connectivity index (χ1v) is 6.91. The van der Waals surface area contributed by atoms with E-state index in [2.05, 4.69) is 6.92 Å². The molecule has 100 valence electrons. The van der Waals surface area contributed by atoms with Crippen LogP contribution in [0.3, 0.4) is 0 Å². The number of carbonyl (C=O) groups excluding carboxylic acids is 1. The van der Waals surface area contributed by atoms with Crippen molar-refractivity contribution in [3.8, 4) is 0 Å². The van der Waals surface area contributed by atoms with Gasteiger partial charge in [0.25, 0.3) is 0 Å². The Hall–Kier alpha value is -1.31. The molecular formula is C16H24O2. The molecule has 1 aromatic carbocycles. The van der Waals surface area contributed by atoms with Gasteiger partial charge < -0.3 is 4.74 Å². The van der Waals surface area contributed by atoms with Crippen LogP contribution < -0.4 is 0 Å². The van der Waals surface area contributed by atoms with Crippen LogP contribution in [-0.4, -0.2) is 12.1 Å². The normalized spacial score (nSPS) is 12.2. The molecule has 0 saturated heterocycles. The highest BCUT2D eigenvalue weighted by Gasteiger charge is 2.13. The lowest BCUT2D eigenvalue weighted by Gasteiger charge is -2.14. The highest BCUT2D eigenvalue weighted by Crippen LogP contribution is 2.13. The standard InChI is InChI=1S/C16H24O2/c1-4-5-6-7-11-14(3)18-16(17)15-12-9-8-10-13(15)2/h8-10,12,14H,4-7,11H2,1-3H3/t14-/m0/s1. The fourth-order valence-corrected chi connectivity index (χ4v) is 1.97. The largest absolute Gasteiger partial charge is 0.459 e. The molecule has 0 amide bonds. The van der Waals surface area contributed by atoms with Gasteiger partial charge in [-0.25, -0.2) is 4.79 Å². The van der Waals surface area contributed by atoms with Crippen molar-refractivity contribution in [3.05, 3.63) is 35.4 Å². The monoisotopic (exact) mass is 248 g/mol. The smallest absolute Gasteiger partial charge is 0.338 e. The molecule has 0 fully saturated rings. The van der Waals surface area contributed by atoms with E-state index in [1.807, 2.05) is 38.1 Å². The van der Waals surface area contributed by atoms with Crippen molar-refractivity contribution in [2.24, 2.45) is 0 Å². The van der Waals surface area contributed by atoms with Crippen LogP contribution in [0.25, 0.3) is 0 Å². The van der Waals surface area contributed by atoms with Crippen molar-refractivity contribution in [3.63, 3.8) is 0 Å². The van der Waals surface area contributed by atoms with Crippen LogP contribution in [-0.2, 0) is 4.74 Å². The minimum Gasteiger partial charge on any atom is -0.459 e. The van der Waals surface area contributed by atoms with Gasteiger partial charge in [-0.05, 0) is 38.3 Å². The summed E-state index contributed by atoms with van der Waals surface area (Å²) < 4.78 is 5.46. The van der Waals surface area contributed by atoms with E-state index in [0.717, 1.165) is 18.4 Å². The maximum atomic E-state index is 11.9. The fraction of sp³-hybridized carbons (Fsp3) is 0.562. The molecule has 0 spiro atoms. The average molecular weight is 248 g/mol. The summed E-state index contributed by atoms with van der Waals surface area (Å²) in [6.45, 7) is 6.10. The van der Waals surface area contributed by atoms with Gasteiger partial charge in [-0.2, -0.15) is 0 Å². The fourth-order valence-electron chi connectivity index (χ4n) is 1.97. The Morgan fingerprint density at radius 1 is 1.22 bits per heavy atom. The molecule has 1 rings (SSSR count). The van der Waals surface area contributed by atoms with E-state index in [-0.39, 0.29) is 12.1 Å². The van der Waals surface area contributed by atoms with E-state index in [1.165, 1.54) is 19.3 Å². The lowest BCUT2D eigenvalue weighted by atomic mass is 10.1. The minimum absolute atomic E-state index is 0.00830. The maximum absolute atomic E-state index is 11.9. The zero-order valence-corrected chi connectivity index (χ0v) is 11.7. The molecule has 0 unspecified atom stereocenters. The molecular weight excluding hydrogens is 224 g/mol. The van der Waals surface area contributed by atoms with E-state index in [0.29, 0.717) is 5.56 Å². The van der Waals surface area contributed by atoms with Crippen LogP contribution in [0, 0.1) is 6.92 Å². The Morgan fingerprint density at radius 2 is 1.94 bits per heavy atom. The van der Waals surface area contributed by atoms with Gasteiger partial charge >= 0.3 is 5.97 Å². The van der Waals surface area contributed by atoms with E-state index in [4.69, 9.17) is 4.74 Å². The van der Waals surface area contributed by atoms with Crippen molar-refractivity contribution in [1.29, 1.82) is 0 Å². The highest BCUT2D eigenvalue weighted by atomic mass is 16.5. The summed E-state index contributed by atoms with van der Waals surface area (Å²) in [4.78, 5) is 11.9. The van der Waals surface area contributed by atoms with Crippen molar-refractivity contribution >= 4 is 5.97 Å². The Labute approximate surface area is 110 Å². The summed E-state index contributed by atoms with van der Waals surface area (Å²) >= 11 is 0. The summed E-state index contributed by atoms with van der Waals surface area (Å²) in [7, 11) is 0. The Morgan fingerprint density at radius 3 is 2.61 bits per heavy atom. The third-order valence-electron chi connectivity index (χ3n) is 3.14. The number of esters is 1. The first-order valence-electron chi connectivity index (χ1n) is 6.91. The summed E-state index contributed by atoms with van der Waals surface area (Å²) in [6.07, 6.45) is 5.82. The number of hydrogen-bond donors (Lipinski definition) is 0. The van der Waals surface area contributed by atoms with E-state index in [9.17, 15) is 4.79 Å². The summed E-state index contributed by atoms with van der Waals surface area (Å²) in [5, 5.41) is 0. The predicted octanol–water partition coefficient (Wildman–Crippen LogP) is 4.51. The molecule has 0 aliphatic rings. The zero-order chi connectivity index (χ0) is 13.4. The Balaban J connectivity index is 2.38. The molecule has 0 radical (unpaired) electrons. The van der Waals surface area contributed by atoms with Crippen molar-refractivity contribution in [2.45, 2.75) is 59.0 Å². The molecule has 2 heteroatoms. The number of aryl methyl sites for hydroxylation is 1. The number of benzene rings is 1. The number of hydrogen-bond acceptors (Lipinski definition) is 2. The molecule has 0 N–H and O–H groups in total. The average Bonchev–Trinajstić information content (AvgIpc) is 2.35. The third-order valence-corrected chi connectivity index (χ3v) is 3.14. The molecule has 0 saturated carbocycles. The third kappa shape index (κ3) is 4.91. The molecule has 2 nitrogen and oxygen atoms in total.